The third kappa shape index (κ3) is 7.13. The highest BCUT2D eigenvalue weighted by Gasteiger charge is 2.50. The largest absolute Gasteiger partial charge is 0.490 e. The summed E-state index contributed by atoms with van der Waals surface area (Å²) >= 11 is 6.53. The van der Waals surface area contributed by atoms with Gasteiger partial charge in [-0.1, -0.05) is 43.7 Å². The number of methoxy groups -OCH3 is 1. The summed E-state index contributed by atoms with van der Waals surface area (Å²) in [4.78, 5) is 21.6. The van der Waals surface area contributed by atoms with Crippen LogP contribution in [-0.4, -0.2) is 115 Å². The number of anilines is 1. The molecule has 3 fully saturated rings. The lowest BCUT2D eigenvalue weighted by atomic mass is 9.63. The predicted molar refractivity (Wildman–Crippen MR) is 218 cm³/mol. The Morgan fingerprint density at radius 2 is 1.94 bits per heavy atom. The van der Waals surface area contributed by atoms with Crippen molar-refractivity contribution >= 4 is 38.8 Å². The molecular formula is C43H59ClN4O5S. The molecule has 1 N–H and O–H groups in total. The van der Waals surface area contributed by atoms with Gasteiger partial charge in [-0.2, -0.15) is 0 Å². The number of aryl methyl sites for hydroxylation is 1. The summed E-state index contributed by atoms with van der Waals surface area (Å²) in [5.74, 6) is 5.25. The minimum atomic E-state index is -2.99. The van der Waals surface area contributed by atoms with Crippen LogP contribution in [0.2, 0.25) is 5.02 Å². The fraction of sp³-hybridized carbons (Fsp3) is 0.628. The van der Waals surface area contributed by atoms with Crippen LogP contribution in [0.1, 0.15) is 67.9 Å². The molecular weight excluding hydrogens is 720 g/mol. The van der Waals surface area contributed by atoms with Gasteiger partial charge in [-0.15, -0.1) is 0 Å². The molecule has 2 aromatic rings. The molecule has 1 unspecified atom stereocenters. The summed E-state index contributed by atoms with van der Waals surface area (Å²) < 4.78 is 36.6. The maximum Gasteiger partial charge on any atom is 0.262 e. The Bertz CT molecular complexity index is 1870. The quantitative estimate of drug-likeness (QED) is 0.308. The van der Waals surface area contributed by atoms with Crippen LogP contribution < -0.4 is 14.4 Å². The zero-order valence-electron chi connectivity index (χ0n) is 32.6. The van der Waals surface area contributed by atoms with Crippen molar-refractivity contribution in [3.8, 4) is 5.75 Å². The molecule has 0 aromatic heterocycles. The van der Waals surface area contributed by atoms with E-state index in [4.69, 9.17) is 25.8 Å². The van der Waals surface area contributed by atoms with E-state index >= 15 is 0 Å². The van der Waals surface area contributed by atoms with Crippen LogP contribution in [-0.2, 0) is 31.0 Å². The van der Waals surface area contributed by atoms with Crippen LogP contribution in [0, 0.1) is 23.7 Å². The zero-order valence-corrected chi connectivity index (χ0v) is 34.1. The highest BCUT2D eigenvalue weighted by molar-refractivity contribution is 7.99. The fourth-order valence-electron chi connectivity index (χ4n) is 10.4. The van der Waals surface area contributed by atoms with E-state index in [0.29, 0.717) is 24.1 Å². The number of ether oxygens (including phenoxy) is 3. The van der Waals surface area contributed by atoms with Gasteiger partial charge in [0.1, 0.15) is 11.4 Å². The second-order valence-corrected chi connectivity index (χ2v) is 20.2. The van der Waals surface area contributed by atoms with Crippen molar-refractivity contribution in [2.24, 2.45) is 23.7 Å². The first kappa shape index (κ1) is 38.3. The summed E-state index contributed by atoms with van der Waals surface area (Å²) in [7, 11) is -1.10. The number of benzene rings is 2. The molecule has 2 aliphatic carbocycles. The first-order valence-corrected chi connectivity index (χ1v) is 22.3. The molecule has 4 heterocycles. The molecule has 6 aliphatic rings. The van der Waals surface area contributed by atoms with E-state index in [-0.39, 0.29) is 34.3 Å². The molecule has 1 saturated carbocycles. The van der Waals surface area contributed by atoms with Gasteiger partial charge in [0, 0.05) is 80.2 Å². The Labute approximate surface area is 327 Å². The zero-order chi connectivity index (χ0) is 37.8. The summed E-state index contributed by atoms with van der Waals surface area (Å²) in [6.45, 7) is 14.8. The van der Waals surface area contributed by atoms with Crippen LogP contribution in [0.4, 0.5) is 5.69 Å². The van der Waals surface area contributed by atoms with E-state index in [1.807, 2.05) is 32.2 Å². The Morgan fingerprint density at radius 1 is 1.09 bits per heavy atom. The first-order valence-electron chi connectivity index (χ1n) is 20.2. The summed E-state index contributed by atoms with van der Waals surface area (Å²) in [5.41, 5.74) is 3.25. The summed E-state index contributed by atoms with van der Waals surface area (Å²) in [6.07, 6.45) is 9.90. The molecule has 1 spiro atoms. The molecule has 2 aromatic carbocycles. The number of fused-ring (bicyclic) bond motifs is 5. The first-order chi connectivity index (χ1) is 25.9. The Kier molecular flexibility index (Phi) is 10.7. The number of nitrogens with zero attached hydrogens (tertiary/aromatic N) is 3. The Hall–Kier alpha value is -2.60. The van der Waals surface area contributed by atoms with Crippen LogP contribution in [0.15, 0.2) is 48.6 Å². The van der Waals surface area contributed by atoms with Crippen LogP contribution in [0.3, 0.4) is 0 Å². The number of piperazine rings is 1. The number of rotatable bonds is 3. The average Bonchev–Trinajstić information content (AvgIpc) is 3.30. The van der Waals surface area contributed by atoms with Gasteiger partial charge in [-0.3, -0.25) is 19.3 Å². The van der Waals surface area contributed by atoms with Gasteiger partial charge in [0.05, 0.1) is 35.2 Å². The lowest BCUT2D eigenvalue weighted by Crippen LogP contribution is -2.62. The van der Waals surface area contributed by atoms with Gasteiger partial charge < -0.3 is 19.1 Å². The molecule has 11 heteroatoms. The molecule has 9 atom stereocenters. The van der Waals surface area contributed by atoms with Gasteiger partial charge in [0.2, 0.25) is 0 Å². The van der Waals surface area contributed by atoms with Gasteiger partial charge in [-0.25, -0.2) is 4.21 Å². The highest BCUT2D eigenvalue weighted by atomic mass is 35.5. The standard InChI is InChI=1S/C43H59ClN4O5S/c1-29-14-16-43(51-4,27-46-17-18-47-19-20-52-25-36(47)24-46)38-11-8-34(38)23-48-26-42(15-6-7-32-21-35(44)10-12-37(32)42)28-53-40-13-9-33(22-39(40)48)41(49)45-54(5,50)31(3)30(29)2/h9-10,12-14,16,21-22,29-31,34,36,38H,5-8,11,15,17-20,23-28H2,1-4H3,(H,45,49,50)/b16-14+/t29-,30-,31+,34-,36-,38+,42-,43+,54?/m0/s1. The monoisotopic (exact) mass is 778 g/mol. The van der Waals surface area contributed by atoms with E-state index in [2.05, 4.69) is 63.4 Å². The predicted octanol–water partition coefficient (Wildman–Crippen LogP) is 5.83. The van der Waals surface area contributed by atoms with E-state index in [1.54, 1.807) is 6.07 Å². The van der Waals surface area contributed by atoms with Gasteiger partial charge in [-0.05, 0) is 110 Å². The molecule has 9 nitrogen and oxygen atoms in total. The maximum absolute atomic E-state index is 14.2. The molecule has 8 rings (SSSR count). The second-order valence-electron chi connectivity index (χ2n) is 17.3. The van der Waals surface area contributed by atoms with Crippen LogP contribution >= 0.6 is 11.6 Å². The van der Waals surface area contributed by atoms with Crippen molar-refractivity contribution < 1.29 is 23.2 Å². The lowest BCUT2D eigenvalue weighted by Gasteiger charge is -2.53. The van der Waals surface area contributed by atoms with E-state index in [1.165, 1.54) is 11.1 Å². The molecule has 1 amide bonds. The lowest BCUT2D eigenvalue weighted by molar-refractivity contribution is -0.108. The van der Waals surface area contributed by atoms with Crippen molar-refractivity contribution in [1.29, 1.82) is 0 Å². The number of halogens is 1. The third-order valence-corrected chi connectivity index (χ3v) is 16.7. The number of amides is 1. The summed E-state index contributed by atoms with van der Waals surface area (Å²) in [6, 6.07) is 12.4. The molecule has 2 bridgehead atoms. The minimum absolute atomic E-state index is 0.00508. The van der Waals surface area contributed by atoms with Gasteiger partial charge in [0.15, 0.2) is 0 Å². The minimum Gasteiger partial charge on any atom is -0.490 e. The van der Waals surface area contributed by atoms with Crippen molar-refractivity contribution in [3.63, 3.8) is 0 Å². The third-order valence-electron chi connectivity index (χ3n) is 14.3. The van der Waals surface area contributed by atoms with E-state index in [0.717, 1.165) is 108 Å². The Morgan fingerprint density at radius 3 is 2.74 bits per heavy atom. The smallest absolute Gasteiger partial charge is 0.262 e. The average molecular weight is 779 g/mol. The summed E-state index contributed by atoms with van der Waals surface area (Å²) in [5, 5.41) is 0.408. The molecule has 4 aliphatic heterocycles. The topological polar surface area (TPSA) is 83.6 Å². The van der Waals surface area contributed by atoms with Gasteiger partial charge in [0.25, 0.3) is 5.91 Å². The van der Waals surface area contributed by atoms with Crippen molar-refractivity contribution in [2.45, 2.75) is 75.2 Å². The van der Waals surface area contributed by atoms with Crippen molar-refractivity contribution in [1.82, 2.24) is 14.5 Å². The number of allylic oxidation sites excluding steroid dienone is 1. The normalized spacial score (nSPS) is 38.2. The van der Waals surface area contributed by atoms with Crippen LogP contribution in [0.25, 0.3) is 0 Å². The molecule has 2 saturated heterocycles. The van der Waals surface area contributed by atoms with Crippen molar-refractivity contribution in [3.05, 3.63) is 70.3 Å². The number of nitrogens with one attached hydrogen (secondary N) is 1. The van der Waals surface area contributed by atoms with Crippen LogP contribution in [0.5, 0.6) is 5.75 Å². The number of carbonyl (C=O) groups is 1. The number of hydrogen-bond acceptors (Lipinski definition) is 8. The molecule has 54 heavy (non-hydrogen) atoms. The molecule has 0 radical (unpaired) electrons. The van der Waals surface area contributed by atoms with Crippen molar-refractivity contribution in [2.75, 3.05) is 77.6 Å². The van der Waals surface area contributed by atoms with E-state index in [9.17, 15) is 9.00 Å². The molecule has 294 valence electrons. The SMILES string of the molecule is C=S1(=O)NC(=O)c2ccc3c(c2)N(C[C@@H]2CC[C@H]2[C@@](CN2CCN4CCOC[C@@H]4C2)(OC)/C=C/[C@H](C)[C@H](C)[C@H]1C)C[C@@]1(CCCc2cc(Cl)ccc21)CO3. The highest BCUT2D eigenvalue weighted by Crippen LogP contribution is 2.49. The fourth-order valence-corrected chi connectivity index (χ4v) is 12.2. The van der Waals surface area contributed by atoms with E-state index < -0.39 is 15.3 Å². The van der Waals surface area contributed by atoms with Gasteiger partial charge >= 0.3 is 0 Å². The number of hydrogen-bond donors (Lipinski definition) is 1. The number of carbonyl (C=O) groups excluding carboxylic acids is 1. The Balaban J connectivity index is 1.20. The maximum atomic E-state index is 14.2. The second kappa shape index (κ2) is 15.1. The number of morpholine rings is 1.